The number of ether oxygens (including phenoxy) is 3. The molecule has 384 valence electrons. The number of hydrogen-bond acceptors (Lipinski definition) is 17. The van der Waals surface area contributed by atoms with Gasteiger partial charge in [0.1, 0.15) is 34.3 Å². The monoisotopic (exact) mass is 1210 g/mol. The van der Waals surface area contributed by atoms with E-state index in [9.17, 15) is 39.5 Å². The molecular weight excluding hydrogens is 1180 g/mol. The summed E-state index contributed by atoms with van der Waals surface area (Å²) in [6, 6.07) is 19.8. The van der Waals surface area contributed by atoms with E-state index >= 15 is 0 Å². The second-order valence-electron chi connectivity index (χ2n) is 14.4. The Labute approximate surface area is 442 Å². The molecule has 9 aromatic rings. The van der Waals surface area contributed by atoms with Gasteiger partial charge in [0.05, 0.1) is 64.8 Å². The van der Waals surface area contributed by atoms with Crippen LogP contribution in [0.3, 0.4) is 0 Å². The molecule has 9 rings (SSSR count). The molecule has 9 heterocycles. The topological polar surface area (TPSA) is 184 Å². The van der Waals surface area contributed by atoms with Gasteiger partial charge in [0.2, 0.25) is 17.6 Å². The third-order valence-corrected chi connectivity index (χ3v) is 13.3. The molecule has 0 saturated heterocycles. The Kier molecular flexibility index (Phi) is 19.3. The molecule has 0 amide bonds. The fourth-order valence-corrected chi connectivity index (χ4v) is 8.76. The van der Waals surface area contributed by atoms with Gasteiger partial charge in [-0.25, -0.2) is 29.9 Å². The highest BCUT2D eigenvalue weighted by atomic mass is 79.9. The lowest BCUT2D eigenvalue weighted by Gasteiger charge is -2.10. The highest BCUT2D eigenvalue weighted by molar-refractivity contribution is 9.11. The quantitative estimate of drug-likeness (QED) is 0.103. The van der Waals surface area contributed by atoms with Gasteiger partial charge in [0.25, 0.3) is 0 Å². The van der Waals surface area contributed by atoms with E-state index in [1.54, 1.807) is 24.4 Å². The van der Waals surface area contributed by atoms with E-state index in [4.69, 9.17) is 24.3 Å². The largest absolute Gasteiger partial charge is 0.494 e. The van der Waals surface area contributed by atoms with Crippen LogP contribution >= 0.6 is 66.5 Å². The first kappa shape index (κ1) is 56.8. The van der Waals surface area contributed by atoms with Crippen LogP contribution in [0.25, 0.3) is 20.9 Å². The van der Waals surface area contributed by atoms with Gasteiger partial charge in [-0.2, -0.15) is 52.6 Å². The maximum Gasteiger partial charge on any atom is 0.494 e. The summed E-state index contributed by atoms with van der Waals surface area (Å²) in [5.41, 5.74) is 1.20. The van der Waals surface area contributed by atoms with Crippen LogP contribution in [-0.4, -0.2) is 60.2 Å². The summed E-state index contributed by atoms with van der Waals surface area (Å²) in [5.74, 6) is 0.781. The predicted octanol–water partition coefficient (Wildman–Crippen LogP) is 13.4. The number of alkyl halides is 9. The van der Waals surface area contributed by atoms with Crippen molar-refractivity contribution in [1.82, 2.24) is 43.0 Å². The van der Waals surface area contributed by atoms with Crippen LogP contribution < -0.4 is 19.7 Å². The van der Waals surface area contributed by atoms with Gasteiger partial charge in [0.15, 0.2) is 0 Å². The van der Waals surface area contributed by atoms with Gasteiger partial charge < -0.3 is 24.3 Å². The van der Waals surface area contributed by atoms with Crippen LogP contribution in [0.1, 0.15) is 34.2 Å². The van der Waals surface area contributed by atoms with E-state index in [2.05, 4.69) is 74.9 Å². The summed E-state index contributed by atoms with van der Waals surface area (Å²) in [4.78, 5) is 23.7. The number of rotatable bonds is 9. The van der Waals surface area contributed by atoms with Crippen molar-refractivity contribution in [3.8, 4) is 55.8 Å². The van der Waals surface area contributed by atoms with Crippen molar-refractivity contribution in [1.29, 1.82) is 0 Å². The second-order valence-corrected chi connectivity index (χ2v) is 19.0. The molecule has 0 aliphatic rings. The van der Waals surface area contributed by atoms with Gasteiger partial charge in [-0.1, -0.05) is 6.07 Å². The average molecular weight is 1220 g/mol. The Morgan fingerprint density at radius 3 is 1.30 bits per heavy atom. The maximum absolute atomic E-state index is 12.6. The second kappa shape index (κ2) is 25.2. The van der Waals surface area contributed by atoms with Crippen LogP contribution in [0.15, 0.2) is 130 Å². The number of hydrogen-bond donors (Lipinski definition) is 2. The van der Waals surface area contributed by atoms with Gasteiger partial charge in [-0.3, -0.25) is 0 Å². The molecule has 0 aliphatic heterocycles. The van der Waals surface area contributed by atoms with Crippen molar-refractivity contribution in [2.75, 3.05) is 0 Å². The zero-order chi connectivity index (χ0) is 53.8. The molecule has 0 aromatic carbocycles. The SMILES string of the molecule is Cc1cc(-c2cccnc2Oc2ccc(C(F)(F)F)nc2)sn1.Cc1cc(Br)sn1.Cc1nsc(-c2cccnc2Oc2ccc(C(F)(F)F)nc2)c1Br.OB(O)c1cccnc1Oc1ccc(C(F)(F)F)nc1. The molecule has 14 nitrogen and oxygen atoms in total. The third-order valence-electron chi connectivity index (χ3n) is 8.87. The minimum absolute atomic E-state index is 0.00130. The first-order chi connectivity index (χ1) is 35.0. The van der Waals surface area contributed by atoms with E-state index in [1.165, 1.54) is 71.3 Å². The lowest BCUT2D eigenvalue weighted by Crippen LogP contribution is -2.31. The molecule has 2 N–H and O–H groups in total. The van der Waals surface area contributed by atoms with Crippen molar-refractivity contribution in [3.05, 3.63) is 165 Å². The Morgan fingerprint density at radius 1 is 0.500 bits per heavy atom. The molecular formula is C45H31BBr2F9N9O5S3. The van der Waals surface area contributed by atoms with Crippen LogP contribution in [0.5, 0.6) is 34.9 Å². The van der Waals surface area contributed by atoms with Crippen molar-refractivity contribution in [2.24, 2.45) is 0 Å². The summed E-state index contributed by atoms with van der Waals surface area (Å²) in [6.07, 6.45) is -6.13. The minimum Gasteiger partial charge on any atom is -0.438 e. The Morgan fingerprint density at radius 2 is 0.932 bits per heavy atom. The number of pyridine rings is 6. The lowest BCUT2D eigenvalue weighted by molar-refractivity contribution is -0.142. The zero-order valence-corrected chi connectivity index (χ0v) is 43.3. The van der Waals surface area contributed by atoms with Gasteiger partial charge >= 0.3 is 25.6 Å². The van der Waals surface area contributed by atoms with Crippen LogP contribution in [0.2, 0.25) is 0 Å². The number of nitrogens with zero attached hydrogens (tertiary/aromatic N) is 9. The molecule has 29 heteroatoms. The normalized spacial score (nSPS) is 11.2. The lowest BCUT2D eigenvalue weighted by atomic mass is 9.81. The number of aryl methyl sites for hydroxylation is 3. The van der Waals surface area contributed by atoms with Crippen molar-refractivity contribution in [3.63, 3.8) is 0 Å². The van der Waals surface area contributed by atoms with Crippen LogP contribution in [0.4, 0.5) is 39.5 Å². The molecule has 0 saturated carbocycles. The summed E-state index contributed by atoms with van der Waals surface area (Å²) in [5, 5.41) is 18.2. The fourth-order valence-electron chi connectivity index (χ4n) is 5.50. The molecule has 0 unspecified atom stereocenters. The van der Waals surface area contributed by atoms with E-state index < -0.39 is 42.7 Å². The average Bonchev–Trinajstić information content (AvgIpc) is 4.07. The molecule has 0 aliphatic carbocycles. The molecule has 0 bridgehead atoms. The number of aromatic nitrogens is 9. The van der Waals surface area contributed by atoms with E-state index in [0.717, 1.165) is 83.5 Å². The highest BCUT2D eigenvalue weighted by Gasteiger charge is 2.34. The van der Waals surface area contributed by atoms with E-state index in [1.807, 2.05) is 39.0 Å². The van der Waals surface area contributed by atoms with Crippen molar-refractivity contribution in [2.45, 2.75) is 39.3 Å². The number of halogens is 11. The summed E-state index contributed by atoms with van der Waals surface area (Å²) in [7, 11) is -1.80. The van der Waals surface area contributed by atoms with Crippen molar-refractivity contribution >= 4 is 79.0 Å². The fraction of sp³-hybridized carbons (Fsp3) is 0.133. The summed E-state index contributed by atoms with van der Waals surface area (Å²) >= 11 is 10.8. The van der Waals surface area contributed by atoms with Crippen molar-refractivity contribution < 1.29 is 63.8 Å². The maximum atomic E-state index is 12.6. The standard InChI is InChI=1S/C15H9BrF3N3OS.C15H10F3N3OS.C11H8BF3N2O3.C4H4BrNS/c1-8-12(16)13(24-22-8)10-3-2-6-20-14(10)23-9-4-5-11(21-7-9)15(17,18)19;1-9-7-12(23-21-9)11-3-2-6-19-14(11)22-10-4-5-13(20-8-10)15(16,17)18;13-11(14,15)9-4-3-7(6-17-9)20-10-8(12(18)19)2-1-5-16-10;1-3-2-4(5)7-6-3/h2-7H,1H3;2-8H,1H3;1-6,18-19H;2H,1H3. The van der Waals surface area contributed by atoms with Crippen LogP contribution in [-0.2, 0) is 18.5 Å². The predicted molar refractivity (Wildman–Crippen MR) is 264 cm³/mol. The van der Waals surface area contributed by atoms with E-state index in [0.29, 0.717) is 5.56 Å². The molecule has 0 atom stereocenters. The summed E-state index contributed by atoms with van der Waals surface area (Å²) in [6.45, 7) is 5.71. The first-order valence-electron chi connectivity index (χ1n) is 20.4. The molecule has 0 fully saturated rings. The third kappa shape index (κ3) is 16.3. The minimum atomic E-state index is -4.53. The highest BCUT2D eigenvalue weighted by Crippen LogP contribution is 2.40. The summed E-state index contributed by atoms with van der Waals surface area (Å²) < 4.78 is 143. The van der Waals surface area contributed by atoms with Gasteiger partial charge in [-0.05, 0) is 166 Å². The Hall–Kier alpha value is -6.50. The smallest absolute Gasteiger partial charge is 0.438 e. The zero-order valence-electron chi connectivity index (χ0n) is 37.7. The molecule has 9 aromatic heterocycles. The van der Waals surface area contributed by atoms with Gasteiger partial charge in [0, 0.05) is 24.1 Å². The first-order valence-corrected chi connectivity index (χ1v) is 24.4. The van der Waals surface area contributed by atoms with Gasteiger partial charge in [-0.15, -0.1) is 0 Å². The molecule has 74 heavy (non-hydrogen) atoms. The van der Waals surface area contributed by atoms with Crippen LogP contribution in [0, 0.1) is 20.8 Å². The molecule has 0 spiro atoms. The Bertz CT molecular complexity index is 3230. The Balaban J connectivity index is 0.000000170. The van der Waals surface area contributed by atoms with E-state index in [-0.39, 0.29) is 40.4 Å². The molecule has 0 radical (unpaired) electrons.